The first-order valence-corrected chi connectivity index (χ1v) is 8.50. The van der Waals surface area contributed by atoms with Gasteiger partial charge in [-0.1, -0.05) is 12.1 Å². The predicted octanol–water partition coefficient (Wildman–Crippen LogP) is 3.11. The van der Waals surface area contributed by atoms with Crippen molar-refractivity contribution in [1.29, 1.82) is 5.26 Å². The number of amides is 1. The molecule has 1 amide bonds. The third-order valence-corrected chi connectivity index (χ3v) is 4.04. The Bertz CT molecular complexity index is 770. The Labute approximate surface area is 148 Å². The Hall–Kier alpha value is -2.85. The number of esters is 1. The second-order valence-corrected chi connectivity index (χ2v) is 6.00. The molecule has 0 bridgehead atoms. The van der Waals surface area contributed by atoms with Gasteiger partial charge in [-0.05, 0) is 42.0 Å². The molecule has 0 aliphatic heterocycles. The van der Waals surface area contributed by atoms with E-state index in [0.29, 0.717) is 17.0 Å². The Balaban J connectivity index is 1.65. The molecule has 0 fully saturated rings. The summed E-state index contributed by atoms with van der Waals surface area (Å²) < 4.78 is 17.7. The van der Waals surface area contributed by atoms with Crippen LogP contribution in [-0.4, -0.2) is 24.2 Å². The highest BCUT2D eigenvalue weighted by atomic mass is 32.2. The van der Waals surface area contributed by atoms with E-state index in [-0.39, 0.29) is 18.2 Å². The first-order chi connectivity index (χ1) is 12.1. The summed E-state index contributed by atoms with van der Waals surface area (Å²) in [4.78, 5) is 23.3. The van der Waals surface area contributed by atoms with Crippen molar-refractivity contribution in [3.8, 4) is 6.07 Å². The van der Waals surface area contributed by atoms with Crippen LogP contribution < -0.4 is 5.32 Å². The molecule has 7 heteroatoms. The summed E-state index contributed by atoms with van der Waals surface area (Å²) in [5.74, 6) is -0.612. The smallest absolute Gasteiger partial charge is 0.316 e. The largest absolute Gasteiger partial charge is 0.455 e. The summed E-state index contributed by atoms with van der Waals surface area (Å²) in [6.07, 6.45) is 0. The van der Waals surface area contributed by atoms with Gasteiger partial charge in [-0.2, -0.15) is 5.26 Å². The molecule has 0 aromatic heterocycles. The zero-order valence-corrected chi connectivity index (χ0v) is 14.0. The molecule has 2 rings (SSSR count). The van der Waals surface area contributed by atoms with Crippen LogP contribution in [0, 0.1) is 17.1 Å². The molecule has 128 valence electrons. The van der Waals surface area contributed by atoms with Crippen molar-refractivity contribution in [3.63, 3.8) is 0 Å². The van der Waals surface area contributed by atoms with E-state index >= 15 is 0 Å². The minimum atomic E-state index is -0.498. The van der Waals surface area contributed by atoms with E-state index in [1.165, 1.54) is 23.9 Å². The molecular weight excluding hydrogens is 343 g/mol. The molecule has 0 saturated carbocycles. The van der Waals surface area contributed by atoms with E-state index < -0.39 is 11.9 Å². The van der Waals surface area contributed by atoms with Gasteiger partial charge in [0.25, 0.3) is 5.91 Å². The fraction of sp³-hybridized carbons (Fsp3) is 0.167. The Morgan fingerprint density at radius 2 is 1.80 bits per heavy atom. The first-order valence-electron chi connectivity index (χ1n) is 7.34. The topological polar surface area (TPSA) is 79.2 Å². The lowest BCUT2D eigenvalue weighted by Gasteiger charge is -2.07. The highest BCUT2D eigenvalue weighted by Crippen LogP contribution is 2.13. The standard InChI is InChI=1S/C18H15FN2O3S/c19-15-5-1-14(2-6-15)11-25-12-18(23)24-10-17(22)21-16-7-3-13(9-20)4-8-16/h1-8H,10-12H2,(H,21,22). The van der Waals surface area contributed by atoms with Crippen LogP contribution in [-0.2, 0) is 20.1 Å². The second kappa shape index (κ2) is 9.45. The van der Waals surface area contributed by atoms with Crippen molar-refractivity contribution < 1.29 is 18.7 Å². The maximum atomic E-state index is 12.8. The van der Waals surface area contributed by atoms with Crippen LogP contribution in [0.4, 0.5) is 10.1 Å². The molecular formula is C18H15FN2O3S. The van der Waals surface area contributed by atoms with Crippen molar-refractivity contribution >= 4 is 29.3 Å². The quantitative estimate of drug-likeness (QED) is 0.770. The number of hydrogen-bond donors (Lipinski definition) is 1. The molecule has 0 saturated heterocycles. The van der Waals surface area contributed by atoms with Gasteiger partial charge in [-0.15, -0.1) is 11.8 Å². The summed E-state index contributed by atoms with van der Waals surface area (Å²) >= 11 is 1.32. The molecule has 0 atom stereocenters. The molecule has 0 spiro atoms. The van der Waals surface area contributed by atoms with Gasteiger partial charge in [0.15, 0.2) is 6.61 Å². The molecule has 0 aliphatic carbocycles. The summed E-state index contributed by atoms with van der Waals surface area (Å²) in [6.45, 7) is -0.379. The molecule has 5 nitrogen and oxygen atoms in total. The number of nitriles is 1. The summed E-state index contributed by atoms with van der Waals surface area (Å²) in [5, 5.41) is 11.3. The van der Waals surface area contributed by atoms with Gasteiger partial charge in [0.05, 0.1) is 17.4 Å². The second-order valence-electron chi connectivity index (χ2n) is 5.02. The Morgan fingerprint density at radius 3 is 2.44 bits per heavy atom. The monoisotopic (exact) mass is 358 g/mol. The third kappa shape index (κ3) is 6.65. The average molecular weight is 358 g/mol. The SMILES string of the molecule is N#Cc1ccc(NC(=O)COC(=O)CSCc2ccc(F)cc2)cc1. The number of ether oxygens (including phenoxy) is 1. The van der Waals surface area contributed by atoms with Crippen LogP contribution in [0.15, 0.2) is 48.5 Å². The first kappa shape index (κ1) is 18.5. The summed E-state index contributed by atoms with van der Waals surface area (Å²) in [5.41, 5.74) is 1.91. The van der Waals surface area contributed by atoms with E-state index in [1.54, 1.807) is 36.4 Å². The fourth-order valence-electron chi connectivity index (χ4n) is 1.85. The number of rotatable bonds is 7. The highest BCUT2D eigenvalue weighted by Gasteiger charge is 2.08. The summed E-state index contributed by atoms with van der Waals surface area (Å²) in [7, 11) is 0. The average Bonchev–Trinajstić information content (AvgIpc) is 2.62. The lowest BCUT2D eigenvalue weighted by Crippen LogP contribution is -2.21. The van der Waals surface area contributed by atoms with Crippen LogP contribution in [0.1, 0.15) is 11.1 Å². The van der Waals surface area contributed by atoms with Crippen LogP contribution >= 0.6 is 11.8 Å². The number of benzene rings is 2. The van der Waals surface area contributed by atoms with Crippen LogP contribution in [0.3, 0.4) is 0 Å². The number of anilines is 1. The molecule has 25 heavy (non-hydrogen) atoms. The van der Waals surface area contributed by atoms with Crippen molar-refractivity contribution in [3.05, 3.63) is 65.5 Å². The van der Waals surface area contributed by atoms with Crippen molar-refractivity contribution in [1.82, 2.24) is 0 Å². The Morgan fingerprint density at radius 1 is 1.12 bits per heavy atom. The van der Waals surface area contributed by atoms with Gasteiger partial charge >= 0.3 is 5.97 Å². The zero-order valence-electron chi connectivity index (χ0n) is 13.2. The predicted molar refractivity (Wildman–Crippen MR) is 93.3 cm³/mol. The van der Waals surface area contributed by atoms with E-state index in [9.17, 15) is 14.0 Å². The van der Waals surface area contributed by atoms with Gasteiger partial charge < -0.3 is 10.1 Å². The van der Waals surface area contributed by atoms with Crippen molar-refractivity contribution in [2.45, 2.75) is 5.75 Å². The zero-order chi connectivity index (χ0) is 18.1. The minimum absolute atomic E-state index is 0.0987. The van der Waals surface area contributed by atoms with Gasteiger partial charge in [0.1, 0.15) is 5.82 Å². The number of nitrogens with zero attached hydrogens (tertiary/aromatic N) is 1. The van der Waals surface area contributed by atoms with E-state index in [4.69, 9.17) is 10.00 Å². The molecule has 0 unspecified atom stereocenters. The van der Waals surface area contributed by atoms with Crippen LogP contribution in [0.2, 0.25) is 0 Å². The van der Waals surface area contributed by atoms with Crippen LogP contribution in [0.5, 0.6) is 0 Å². The number of thioether (sulfide) groups is 1. The van der Waals surface area contributed by atoms with E-state index in [2.05, 4.69) is 5.32 Å². The number of hydrogen-bond acceptors (Lipinski definition) is 5. The maximum absolute atomic E-state index is 12.8. The highest BCUT2D eigenvalue weighted by molar-refractivity contribution is 7.99. The lowest BCUT2D eigenvalue weighted by atomic mass is 10.2. The van der Waals surface area contributed by atoms with Crippen molar-refractivity contribution in [2.24, 2.45) is 0 Å². The number of carbonyl (C=O) groups excluding carboxylic acids is 2. The maximum Gasteiger partial charge on any atom is 0.316 e. The fourth-order valence-corrected chi connectivity index (χ4v) is 2.63. The minimum Gasteiger partial charge on any atom is -0.455 e. The van der Waals surface area contributed by atoms with E-state index in [1.807, 2.05) is 6.07 Å². The van der Waals surface area contributed by atoms with Gasteiger partial charge in [0, 0.05) is 11.4 Å². The molecule has 0 aliphatic rings. The third-order valence-electron chi connectivity index (χ3n) is 3.06. The molecule has 2 aromatic rings. The number of halogens is 1. The molecule has 2 aromatic carbocycles. The number of nitrogens with one attached hydrogen (secondary N) is 1. The van der Waals surface area contributed by atoms with Gasteiger partial charge in [-0.3, -0.25) is 9.59 Å². The van der Waals surface area contributed by atoms with E-state index in [0.717, 1.165) is 5.56 Å². The lowest BCUT2D eigenvalue weighted by molar-refractivity contribution is -0.144. The van der Waals surface area contributed by atoms with Gasteiger partial charge in [-0.25, -0.2) is 4.39 Å². The normalized spacial score (nSPS) is 9.92. The molecule has 0 radical (unpaired) electrons. The number of carbonyl (C=O) groups is 2. The molecule has 0 heterocycles. The van der Waals surface area contributed by atoms with Crippen molar-refractivity contribution in [2.75, 3.05) is 17.7 Å². The molecule has 1 N–H and O–H groups in total. The summed E-state index contributed by atoms with van der Waals surface area (Å²) in [6, 6.07) is 14.3. The van der Waals surface area contributed by atoms with Gasteiger partial charge in [0.2, 0.25) is 0 Å². The Kier molecular flexibility index (Phi) is 6.99. The van der Waals surface area contributed by atoms with Crippen LogP contribution in [0.25, 0.3) is 0 Å².